The van der Waals surface area contributed by atoms with Gasteiger partial charge in [-0.15, -0.1) is 0 Å². The number of aromatic hydroxyl groups is 1. The zero-order valence-electron chi connectivity index (χ0n) is 17.3. The molecule has 0 saturated heterocycles. The number of hydrogen-bond donors (Lipinski definition) is 2. The minimum atomic E-state index is -2.08. The van der Waals surface area contributed by atoms with Crippen LogP contribution in [-0.2, 0) is 5.60 Å². The van der Waals surface area contributed by atoms with Crippen molar-refractivity contribution in [2.75, 3.05) is 0 Å². The van der Waals surface area contributed by atoms with Crippen molar-refractivity contribution in [2.45, 2.75) is 65.3 Å². The lowest BCUT2D eigenvalue weighted by Gasteiger charge is -2.37. The lowest BCUT2D eigenvalue weighted by Crippen LogP contribution is -2.43. The second-order valence-corrected chi connectivity index (χ2v) is 13.9. The van der Waals surface area contributed by atoms with Crippen LogP contribution in [0, 0.1) is 6.92 Å². The smallest absolute Gasteiger partial charge is 0.250 e. The van der Waals surface area contributed by atoms with Crippen LogP contribution in [0.15, 0.2) is 36.4 Å². The van der Waals surface area contributed by atoms with Crippen molar-refractivity contribution in [1.29, 1.82) is 0 Å². The summed E-state index contributed by atoms with van der Waals surface area (Å²) in [6.07, 6.45) is 0. The third-order valence-electron chi connectivity index (χ3n) is 5.27. The van der Waals surface area contributed by atoms with Gasteiger partial charge in [0.1, 0.15) is 5.75 Å². The number of phenolic OH excluding ortho intramolecular Hbond substituents is 1. The Bertz CT molecular complexity index is 796. The number of phenols is 1. The zero-order valence-corrected chi connectivity index (χ0v) is 18.3. The molecule has 0 aromatic heterocycles. The molecule has 0 amide bonds. The Labute approximate surface area is 158 Å². The Morgan fingerprint density at radius 2 is 1.50 bits per heavy atom. The first-order valence-corrected chi connectivity index (χ1v) is 12.0. The highest BCUT2D eigenvalue weighted by molar-refractivity contribution is 6.74. The molecular weight excluding hydrogens is 340 g/mol. The molecule has 0 atom stereocenters. The van der Waals surface area contributed by atoms with E-state index < -0.39 is 13.9 Å². The fourth-order valence-corrected chi connectivity index (χ4v) is 3.72. The molecule has 0 heterocycles. The molecule has 26 heavy (non-hydrogen) atoms. The molecular formula is C22H32O3Si. The van der Waals surface area contributed by atoms with Crippen LogP contribution in [0.4, 0.5) is 0 Å². The first-order chi connectivity index (χ1) is 11.7. The van der Waals surface area contributed by atoms with Gasteiger partial charge >= 0.3 is 0 Å². The zero-order chi connectivity index (χ0) is 19.9. The van der Waals surface area contributed by atoms with Crippen molar-refractivity contribution in [1.82, 2.24) is 0 Å². The Morgan fingerprint density at radius 3 is 2.04 bits per heavy atom. The van der Waals surface area contributed by atoms with Crippen molar-refractivity contribution in [3.8, 4) is 22.6 Å². The van der Waals surface area contributed by atoms with Gasteiger partial charge in [0, 0.05) is 5.56 Å². The van der Waals surface area contributed by atoms with Gasteiger partial charge in [0.2, 0.25) is 0 Å². The topological polar surface area (TPSA) is 49.7 Å². The fraction of sp³-hybridized carbons (Fsp3) is 0.455. The molecule has 2 aromatic carbocycles. The van der Waals surface area contributed by atoms with E-state index in [1.54, 1.807) is 13.8 Å². The summed E-state index contributed by atoms with van der Waals surface area (Å²) in [7, 11) is -2.08. The number of hydrogen-bond acceptors (Lipinski definition) is 3. The van der Waals surface area contributed by atoms with E-state index in [0.29, 0.717) is 11.3 Å². The Morgan fingerprint density at radius 1 is 0.923 bits per heavy atom. The standard InChI is InChI=1S/C22H32O3Si/c1-15-13-17(16-11-9-10-12-18(16)22(5,6)24)20(23)19(14-15)25-26(7,8)21(2,3)4/h9-14,23-24H,1-8H3. The molecule has 0 bridgehead atoms. The maximum absolute atomic E-state index is 11.0. The monoisotopic (exact) mass is 372 g/mol. The van der Waals surface area contributed by atoms with Gasteiger partial charge in [0.05, 0.1) is 5.60 Å². The summed E-state index contributed by atoms with van der Waals surface area (Å²) in [5.41, 5.74) is 2.29. The predicted molar refractivity (Wildman–Crippen MR) is 111 cm³/mol. The molecule has 0 fully saturated rings. The highest BCUT2D eigenvalue weighted by Crippen LogP contribution is 2.45. The van der Waals surface area contributed by atoms with Crippen molar-refractivity contribution < 1.29 is 14.6 Å². The molecule has 2 N–H and O–H groups in total. The van der Waals surface area contributed by atoms with Gasteiger partial charge in [-0.1, -0.05) is 45.0 Å². The quantitative estimate of drug-likeness (QED) is 0.649. The summed E-state index contributed by atoms with van der Waals surface area (Å²) in [4.78, 5) is 0. The van der Waals surface area contributed by atoms with Crippen LogP contribution in [-0.4, -0.2) is 18.5 Å². The molecule has 0 saturated carbocycles. The average Bonchev–Trinajstić information content (AvgIpc) is 2.48. The van der Waals surface area contributed by atoms with Crippen molar-refractivity contribution in [3.63, 3.8) is 0 Å². The van der Waals surface area contributed by atoms with Gasteiger partial charge < -0.3 is 14.6 Å². The lowest BCUT2D eigenvalue weighted by atomic mass is 9.88. The van der Waals surface area contributed by atoms with Gasteiger partial charge in [-0.3, -0.25) is 0 Å². The Balaban J connectivity index is 2.63. The summed E-state index contributed by atoms with van der Waals surface area (Å²) in [6.45, 7) is 16.4. The van der Waals surface area contributed by atoms with E-state index in [9.17, 15) is 10.2 Å². The summed E-state index contributed by atoms with van der Waals surface area (Å²) < 4.78 is 6.39. The van der Waals surface area contributed by atoms with Crippen LogP contribution in [0.2, 0.25) is 18.1 Å². The molecule has 3 nitrogen and oxygen atoms in total. The average molecular weight is 373 g/mol. The van der Waals surface area contributed by atoms with E-state index >= 15 is 0 Å². The lowest BCUT2D eigenvalue weighted by molar-refractivity contribution is 0.0792. The van der Waals surface area contributed by atoms with Gasteiger partial charge in [-0.2, -0.15) is 0 Å². The highest BCUT2D eigenvalue weighted by Gasteiger charge is 2.39. The van der Waals surface area contributed by atoms with Crippen LogP contribution in [0.5, 0.6) is 11.5 Å². The van der Waals surface area contributed by atoms with E-state index in [2.05, 4.69) is 33.9 Å². The minimum Gasteiger partial charge on any atom is -0.541 e. The van der Waals surface area contributed by atoms with E-state index in [1.165, 1.54) is 0 Å². The highest BCUT2D eigenvalue weighted by atomic mass is 28.4. The van der Waals surface area contributed by atoms with Crippen molar-refractivity contribution in [2.24, 2.45) is 0 Å². The maximum atomic E-state index is 11.0. The van der Waals surface area contributed by atoms with Crippen LogP contribution < -0.4 is 4.43 Å². The molecule has 2 aromatic rings. The molecule has 4 heteroatoms. The third-order valence-corrected chi connectivity index (χ3v) is 9.61. The minimum absolute atomic E-state index is 0.0361. The van der Waals surface area contributed by atoms with E-state index in [0.717, 1.165) is 16.7 Å². The van der Waals surface area contributed by atoms with E-state index in [4.69, 9.17) is 4.43 Å². The van der Waals surface area contributed by atoms with Crippen LogP contribution in [0.1, 0.15) is 45.7 Å². The normalized spacial score (nSPS) is 13.0. The Hall–Kier alpha value is -1.78. The number of aliphatic hydroxyl groups is 1. The van der Waals surface area contributed by atoms with Crippen LogP contribution >= 0.6 is 0 Å². The first-order valence-electron chi connectivity index (χ1n) is 9.09. The molecule has 0 radical (unpaired) electrons. The second kappa shape index (κ2) is 6.75. The van der Waals surface area contributed by atoms with Gasteiger partial charge in [-0.25, -0.2) is 0 Å². The molecule has 2 rings (SSSR count). The van der Waals surface area contributed by atoms with Crippen LogP contribution in [0.25, 0.3) is 11.1 Å². The number of benzene rings is 2. The van der Waals surface area contributed by atoms with Gasteiger partial charge in [0.25, 0.3) is 8.32 Å². The molecule has 0 aliphatic rings. The molecule has 0 aliphatic heterocycles. The second-order valence-electron chi connectivity index (χ2n) is 9.13. The van der Waals surface area contributed by atoms with Gasteiger partial charge in [0.15, 0.2) is 5.75 Å². The van der Waals surface area contributed by atoms with Gasteiger partial charge in [-0.05, 0) is 67.7 Å². The van der Waals surface area contributed by atoms with Crippen LogP contribution in [0.3, 0.4) is 0 Å². The summed E-state index contributed by atoms with van der Waals surface area (Å²) in [5.74, 6) is 0.661. The number of aryl methyl sites for hydroxylation is 1. The van der Waals surface area contributed by atoms with E-state index in [-0.39, 0.29) is 10.8 Å². The first kappa shape index (κ1) is 20.5. The predicted octanol–water partition coefficient (Wildman–Crippen LogP) is 5.98. The van der Waals surface area contributed by atoms with Crippen molar-refractivity contribution >= 4 is 8.32 Å². The summed E-state index contributed by atoms with van der Waals surface area (Å²) in [5, 5.41) is 21.6. The molecule has 0 unspecified atom stereocenters. The SMILES string of the molecule is Cc1cc(O[Si](C)(C)C(C)(C)C)c(O)c(-c2ccccc2C(C)(C)O)c1. The summed E-state index contributed by atoms with van der Waals surface area (Å²) in [6, 6.07) is 11.5. The fourth-order valence-electron chi connectivity index (χ4n) is 2.71. The molecule has 0 spiro atoms. The molecule has 0 aliphatic carbocycles. The largest absolute Gasteiger partial charge is 0.541 e. The van der Waals surface area contributed by atoms with E-state index in [1.807, 2.05) is 43.3 Å². The third kappa shape index (κ3) is 4.13. The number of rotatable bonds is 4. The molecule has 142 valence electrons. The maximum Gasteiger partial charge on any atom is 0.250 e. The summed E-state index contributed by atoms with van der Waals surface area (Å²) >= 11 is 0. The Kier molecular flexibility index (Phi) is 5.33. The van der Waals surface area contributed by atoms with Crippen molar-refractivity contribution in [3.05, 3.63) is 47.5 Å².